The second kappa shape index (κ2) is 8.12. The average molecular weight is 476 g/mol. The lowest BCUT2D eigenvalue weighted by Gasteiger charge is -2.33. The Morgan fingerprint density at radius 3 is 2.00 bits per heavy atom. The first-order valence-corrected chi connectivity index (χ1v) is 12.4. The topological polar surface area (TPSA) is 52.4 Å². The van der Waals surface area contributed by atoms with Crippen molar-refractivity contribution in [1.29, 1.82) is 0 Å². The number of aliphatic imine (C=N–C) groups is 2. The van der Waals surface area contributed by atoms with Gasteiger partial charge in [-0.05, 0) is 80.9 Å². The van der Waals surface area contributed by atoms with Crippen LogP contribution in [0, 0.1) is 0 Å². The first-order chi connectivity index (χ1) is 17.3. The fourth-order valence-corrected chi connectivity index (χ4v) is 5.05. The van der Waals surface area contributed by atoms with E-state index in [0.29, 0.717) is 12.4 Å². The second-order valence-electron chi connectivity index (χ2n) is 10.5. The minimum Gasteiger partial charge on any atom is -0.471 e. The molecular weight excluding hydrogens is 447 g/mol. The summed E-state index contributed by atoms with van der Waals surface area (Å²) in [7, 11) is 0. The van der Waals surface area contributed by atoms with E-state index in [9.17, 15) is 0 Å². The third-order valence-corrected chi connectivity index (χ3v) is 7.64. The Morgan fingerprint density at radius 1 is 0.889 bits per heavy atom. The van der Waals surface area contributed by atoms with Crippen LogP contribution in [-0.2, 0) is 4.74 Å². The van der Waals surface area contributed by atoms with Gasteiger partial charge in [-0.2, -0.15) is 0 Å². The minimum absolute atomic E-state index is 0.0749. The zero-order valence-electron chi connectivity index (χ0n) is 21.3. The summed E-state index contributed by atoms with van der Waals surface area (Å²) in [6.07, 6.45) is 3.93. The molecule has 180 valence electrons. The molecule has 3 aromatic rings. The molecule has 6 rings (SSSR count). The molecular formula is C30H29BN2O3. The zero-order valence-corrected chi connectivity index (χ0v) is 21.3. The van der Waals surface area contributed by atoms with Crippen molar-refractivity contribution in [3.05, 3.63) is 72.3 Å². The van der Waals surface area contributed by atoms with E-state index in [4.69, 9.17) is 19.2 Å². The van der Waals surface area contributed by atoms with Crippen LogP contribution in [0.25, 0.3) is 5.57 Å². The predicted octanol–water partition coefficient (Wildman–Crippen LogP) is 4.87. The number of hydrogen-bond donors (Lipinski definition) is 0. The van der Waals surface area contributed by atoms with Crippen LogP contribution in [0.2, 0.25) is 0 Å². The molecule has 5 nitrogen and oxygen atoms in total. The summed E-state index contributed by atoms with van der Waals surface area (Å²) in [5.74, 6) is 4.07. The molecule has 0 spiro atoms. The highest BCUT2D eigenvalue weighted by atomic mass is 16.5. The normalized spacial score (nSPS) is 18.4. The minimum atomic E-state index is -0.347. The van der Waals surface area contributed by atoms with Crippen molar-refractivity contribution in [3.63, 3.8) is 0 Å². The standard InChI is InChI=1S/C30H29BN2O3/c1-6-19(17-32-18-27-33-29(2,3)30(4,5)36-27)20-15-25-28-26(16-20)35-24-14-10-8-12-22(24)31(28)21-11-7-9-13-23(21)34-25/h6-17H,18H2,1-5H3/b19-6+,32-17?. The van der Waals surface area contributed by atoms with E-state index >= 15 is 0 Å². The van der Waals surface area contributed by atoms with E-state index in [1.165, 1.54) is 0 Å². The van der Waals surface area contributed by atoms with Crippen LogP contribution >= 0.6 is 0 Å². The molecule has 36 heavy (non-hydrogen) atoms. The van der Waals surface area contributed by atoms with Crippen molar-refractivity contribution >= 4 is 40.8 Å². The molecule has 3 aliphatic heterocycles. The maximum absolute atomic E-state index is 6.42. The van der Waals surface area contributed by atoms with E-state index in [1.807, 2.05) is 43.5 Å². The molecule has 3 heterocycles. The van der Waals surface area contributed by atoms with Crippen LogP contribution < -0.4 is 25.9 Å². The molecule has 0 aromatic heterocycles. The van der Waals surface area contributed by atoms with Gasteiger partial charge in [-0.3, -0.25) is 4.99 Å². The number of allylic oxidation sites excluding steroid dienone is 2. The molecule has 0 N–H and O–H groups in total. The fraction of sp³-hybridized carbons (Fsp3) is 0.267. The smallest absolute Gasteiger partial charge is 0.260 e. The number of hydrogen-bond acceptors (Lipinski definition) is 5. The lowest BCUT2D eigenvalue weighted by atomic mass is 9.35. The number of fused-ring (bicyclic) bond motifs is 4. The van der Waals surface area contributed by atoms with Crippen LogP contribution in [0.4, 0.5) is 0 Å². The highest BCUT2D eigenvalue weighted by Crippen LogP contribution is 2.37. The average Bonchev–Trinajstić information content (AvgIpc) is 3.07. The lowest BCUT2D eigenvalue weighted by Crippen LogP contribution is -2.57. The molecule has 3 aromatic carbocycles. The molecule has 6 heteroatoms. The van der Waals surface area contributed by atoms with Gasteiger partial charge >= 0.3 is 0 Å². The van der Waals surface area contributed by atoms with Crippen molar-refractivity contribution in [2.75, 3.05) is 6.54 Å². The monoisotopic (exact) mass is 476 g/mol. The van der Waals surface area contributed by atoms with Gasteiger partial charge in [0.2, 0.25) is 5.90 Å². The summed E-state index contributed by atoms with van der Waals surface area (Å²) in [5, 5.41) is 0. The highest BCUT2D eigenvalue weighted by Gasteiger charge is 2.45. The van der Waals surface area contributed by atoms with Crippen LogP contribution in [0.3, 0.4) is 0 Å². The lowest BCUT2D eigenvalue weighted by molar-refractivity contribution is 0.0602. The number of benzene rings is 3. The zero-order chi connectivity index (χ0) is 25.1. The molecule has 0 aliphatic carbocycles. The van der Waals surface area contributed by atoms with E-state index in [-0.39, 0.29) is 17.9 Å². The summed E-state index contributed by atoms with van der Waals surface area (Å²) in [6, 6.07) is 20.7. The molecule has 0 fully saturated rings. The van der Waals surface area contributed by atoms with Crippen LogP contribution in [0.5, 0.6) is 23.0 Å². The Kier molecular flexibility index (Phi) is 5.11. The molecule has 3 aliphatic rings. The Balaban J connectivity index is 1.36. The fourth-order valence-electron chi connectivity index (χ4n) is 5.05. The molecule has 0 bridgehead atoms. The van der Waals surface area contributed by atoms with E-state index in [1.54, 1.807) is 0 Å². The molecule has 0 unspecified atom stereocenters. The summed E-state index contributed by atoms with van der Waals surface area (Å²) in [4.78, 5) is 9.40. The first-order valence-electron chi connectivity index (χ1n) is 12.4. The van der Waals surface area contributed by atoms with Crippen LogP contribution in [0.15, 0.2) is 76.7 Å². The van der Waals surface area contributed by atoms with Gasteiger partial charge in [0.1, 0.15) is 35.1 Å². The van der Waals surface area contributed by atoms with Gasteiger partial charge in [0.15, 0.2) is 0 Å². The molecule has 0 atom stereocenters. The maximum Gasteiger partial charge on any atom is 0.260 e. The summed E-state index contributed by atoms with van der Waals surface area (Å²) in [6.45, 7) is 10.8. The Bertz CT molecular complexity index is 1400. The third-order valence-electron chi connectivity index (χ3n) is 7.64. The maximum atomic E-state index is 6.42. The van der Waals surface area contributed by atoms with Gasteiger partial charge in [-0.15, -0.1) is 0 Å². The van der Waals surface area contributed by atoms with Gasteiger partial charge in [0, 0.05) is 11.7 Å². The van der Waals surface area contributed by atoms with E-state index in [0.717, 1.165) is 50.5 Å². The number of rotatable bonds is 4. The Labute approximate surface area is 212 Å². The number of para-hydroxylation sites is 2. The molecule has 0 saturated carbocycles. The van der Waals surface area contributed by atoms with Crippen molar-refractivity contribution in [2.24, 2.45) is 9.98 Å². The van der Waals surface area contributed by atoms with Crippen molar-refractivity contribution in [3.8, 4) is 23.0 Å². The van der Waals surface area contributed by atoms with E-state index < -0.39 is 0 Å². The second-order valence-corrected chi connectivity index (χ2v) is 10.5. The van der Waals surface area contributed by atoms with Crippen molar-refractivity contribution in [2.45, 2.75) is 45.8 Å². The number of ether oxygens (including phenoxy) is 3. The van der Waals surface area contributed by atoms with Gasteiger partial charge < -0.3 is 14.2 Å². The van der Waals surface area contributed by atoms with Gasteiger partial charge in [-0.25, -0.2) is 4.99 Å². The molecule has 0 amide bonds. The SMILES string of the molecule is C/C=C(\C=NCC1=NC(C)(C)C(C)(C)O1)c1cc2c3c(c1)Oc1ccccc1B3c1ccccc1O2. The summed E-state index contributed by atoms with van der Waals surface area (Å²) in [5.41, 5.74) is 4.73. The van der Waals surface area contributed by atoms with Gasteiger partial charge in [0.25, 0.3) is 6.71 Å². The third kappa shape index (κ3) is 3.55. The van der Waals surface area contributed by atoms with Gasteiger partial charge in [-0.1, -0.05) is 42.5 Å². The summed E-state index contributed by atoms with van der Waals surface area (Å²) >= 11 is 0. The molecule has 0 radical (unpaired) electrons. The Morgan fingerprint density at radius 2 is 1.47 bits per heavy atom. The van der Waals surface area contributed by atoms with Crippen LogP contribution in [0.1, 0.15) is 40.2 Å². The molecule has 0 saturated heterocycles. The van der Waals surface area contributed by atoms with E-state index in [2.05, 4.69) is 69.1 Å². The quantitative estimate of drug-likeness (QED) is 0.275. The largest absolute Gasteiger partial charge is 0.471 e. The van der Waals surface area contributed by atoms with Crippen molar-refractivity contribution < 1.29 is 14.2 Å². The van der Waals surface area contributed by atoms with Gasteiger partial charge in [0.05, 0.1) is 5.54 Å². The van der Waals surface area contributed by atoms with Crippen LogP contribution in [-0.4, -0.2) is 36.5 Å². The van der Waals surface area contributed by atoms with Crippen molar-refractivity contribution in [1.82, 2.24) is 0 Å². The predicted molar refractivity (Wildman–Crippen MR) is 148 cm³/mol. The first kappa shape index (κ1) is 22.7. The number of nitrogens with zero attached hydrogens (tertiary/aromatic N) is 2. The highest BCUT2D eigenvalue weighted by molar-refractivity contribution is 6.98. The summed E-state index contributed by atoms with van der Waals surface area (Å²) < 4.78 is 18.9. The Hall–Kier alpha value is -3.80.